The number of carbonyl (C=O) groups excluding carboxylic acids is 1. The molecule has 2 aromatic rings. The van der Waals surface area contributed by atoms with Crippen LogP contribution in [0.2, 0.25) is 0 Å². The zero-order chi connectivity index (χ0) is 28.2. The summed E-state index contributed by atoms with van der Waals surface area (Å²) in [6.45, 7) is 1.42. The molecule has 214 valence electrons. The lowest BCUT2D eigenvalue weighted by Crippen LogP contribution is -2.49. The van der Waals surface area contributed by atoms with Crippen molar-refractivity contribution in [3.05, 3.63) is 70.8 Å². The van der Waals surface area contributed by atoms with Crippen LogP contribution in [0.4, 0.5) is 26.3 Å². The molecule has 1 atom stereocenters. The Kier molecular flexibility index (Phi) is 9.26. The van der Waals surface area contributed by atoms with Gasteiger partial charge in [0.15, 0.2) is 0 Å². The van der Waals surface area contributed by atoms with Crippen LogP contribution in [-0.4, -0.2) is 54.5 Å². The molecule has 1 saturated heterocycles. The Bertz CT molecular complexity index is 1060. The molecule has 0 bridgehead atoms. The fraction of sp³-hybridized carbons (Fsp3) is 0.552. The first-order valence-electron chi connectivity index (χ1n) is 13.5. The van der Waals surface area contributed by atoms with Crippen molar-refractivity contribution < 1.29 is 31.1 Å². The number of carbonyl (C=O) groups is 1. The maximum atomic E-state index is 13.7. The number of halogens is 6. The molecule has 1 N–H and O–H groups in total. The first-order valence-corrected chi connectivity index (χ1v) is 13.5. The third-order valence-electron chi connectivity index (χ3n) is 7.83. The molecule has 1 heterocycles. The summed E-state index contributed by atoms with van der Waals surface area (Å²) < 4.78 is 79.6. The molecule has 0 spiro atoms. The van der Waals surface area contributed by atoms with Gasteiger partial charge in [0, 0.05) is 38.8 Å². The summed E-state index contributed by atoms with van der Waals surface area (Å²) in [5, 5.41) is 3.76. The molecule has 0 aromatic heterocycles. The van der Waals surface area contributed by atoms with Crippen LogP contribution >= 0.6 is 0 Å². The van der Waals surface area contributed by atoms with E-state index in [2.05, 4.69) is 10.2 Å². The van der Waals surface area contributed by atoms with Crippen molar-refractivity contribution in [2.24, 2.45) is 0 Å². The minimum Gasteiger partial charge on any atom is -0.344 e. The molecule has 1 aliphatic carbocycles. The molecule has 39 heavy (non-hydrogen) atoms. The monoisotopic (exact) mass is 555 g/mol. The number of amides is 1. The Balaban J connectivity index is 1.45. The van der Waals surface area contributed by atoms with Gasteiger partial charge in [0.05, 0.1) is 11.1 Å². The Morgan fingerprint density at radius 3 is 1.97 bits per heavy atom. The van der Waals surface area contributed by atoms with Gasteiger partial charge in [-0.25, -0.2) is 0 Å². The van der Waals surface area contributed by atoms with E-state index >= 15 is 0 Å². The highest BCUT2D eigenvalue weighted by molar-refractivity contribution is 5.83. The van der Waals surface area contributed by atoms with E-state index in [1.165, 1.54) is 30.6 Å². The number of nitrogens with one attached hydrogen (secondary N) is 1. The van der Waals surface area contributed by atoms with Crippen molar-refractivity contribution in [1.82, 2.24) is 15.1 Å². The van der Waals surface area contributed by atoms with Gasteiger partial charge in [-0.3, -0.25) is 9.69 Å². The molecule has 1 unspecified atom stereocenters. The lowest BCUT2D eigenvalue weighted by molar-refractivity contribution is -0.143. The lowest BCUT2D eigenvalue weighted by atomic mass is 9.97. The molecule has 1 aliphatic heterocycles. The Morgan fingerprint density at radius 1 is 0.897 bits per heavy atom. The summed E-state index contributed by atoms with van der Waals surface area (Å²) in [4.78, 5) is 17.2. The van der Waals surface area contributed by atoms with Crippen molar-refractivity contribution in [2.45, 2.75) is 75.4 Å². The summed E-state index contributed by atoms with van der Waals surface area (Å²) in [5.41, 5.74) is -2.00. The Labute approximate surface area is 225 Å². The van der Waals surface area contributed by atoms with E-state index in [9.17, 15) is 31.1 Å². The topological polar surface area (TPSA) is 35.6 Å². The normalized spacial score (nSPS) is 18.8. The van der Waals surface area contributed by atoms with E-state index < -0.39 is 29.5 Å². The molecule has 4 nitrogen and oxygen atoms in total. The molecule has 2 fully saturated rings. The van der Waals surface area contributed by atoms with E-state index in [-0.39, 0.29) is 30.5 Å². The fourth-order valence-corrected chi connectivity index (χ4v) is 5.67. The maximum absolute atomic E-state index is 13.7. The Morgan fingerprint density at radius 2 is 1.44 bits per heavy atom. The summed E-state index contributed by atoms with van der Waals surface area (Å²) in [6, 6.07) is 11.3. The molecule has 0 radical (unpaired) electrons. The number of hydrogen-bond donors (Lipinski definition) is 1. The van der Waals surface area contributed by atoms with Gasteiger partial charge >= 0.3 is 12.4 Å². The predicted octanol–water partition coefficient (Wildman–Crippen LogP) is 6.46. The van der Waals surface area contributed by atoms with Gasteiger partial charge in [0.1, 0.15) is 6.04 Å². The van der Waals surface area contributed by atoms with Crippen LogP contribution in [-0.2, 0) is 23.6 Å². The maximum Gasteiger partial charge on any atom is 0.416 e. The molecule has 2 aromatic carbocycles. The van der Waals surface area contributed by atoms with Crippen LogP contribution in [0.15, 0.2) is 48.5 Å². The number of hydrogen-bond acceptors (Lipinski definition) is 3. The van der Waals surface area contributed by atoms with Gasteiger partial charge in [-0.05, 0) is 61.4 Å². The third-order valence-corrected chi connectivity index (χ3v) is 7.83. The number of alkyl halides is 6. The van der Waals surface area contributed by atoms with Gasteiger partial charge in [-0.15, -0.1) is 0 Å². The van der Waals surface area contributed by atoms with Crippen molar-refractivity contribution in [1.29, 1.82) is 0 Å². The fourth-order valence-electron chi connectivity index (χ4n) is 5.67. The van der Waals surface area contributed by atoms with Crippen molar-refractivity contribution in [3.8, 4) is 0 Å². The van der Waals surface area contributed by atoms with Gasteiger partial charge in [0.2, 0.25) is 5.91 Å². The van der Waals surface area contributed by atoms with Crippen LogP contribution < -0.4 is 5.32 Å². The average Bonchev–Trinajstić information content (AvgIpc) is 3.41. The minimum absolute atomic E-state index is 0.0134. The zero-order valence-electron chi connectivity index (χ0n) is 22.0. The van der Waals surface area contributed by atoms with E-state index in [4.69, 9.17) is 0 Å². The summed E-state index contributed by atoms with van der Waals surface area (Å²) >= 11 is 0. The van der Waals surface area contributed by atoms with E-state index in [0.717, 1.165) is 30.5 Å². The largest absolute Gasteiger partial charge is 0.416 e. The first-order chi connectivity index (χ1) is 18.4. The zero-order valence-corrected chi connectivity index (χ0v) is 22.0. The lowest BCUT2D eigenvalue weighted by Gasteiger charge is -2.39. The van der Waals surface area contributed by atoms with Gasteiger partial charge < -0.3 is 10.2 Å². The van der Waals surface area contributed by atoms with Crippen molar-refractivity contribution in [3.63, 3.8) is 0 Å². The number of likely N-dealkylation sites (N-methyl/N-ethyl adjacent to an activating group) is 1. The Hall–Kier alpha value is -2.59. The van der Waals surface area contributed by atoms with Gasteiger partial charge in [-0.1, -0.05) is 43.2 Å². The smallest absolute Gasteiger partial charge is 0.344 e. The van der Waals surface area contributed by atoms with E-state index in [1.54, 1.807) is 7.05 Å². The number of rotatable bonds is 8. The summed E-state index contributed by atoms with van der Waals surface area (Å²) in [7, 11) is 1.55. The highest BCUT2D eigenvalue weighted by atomic mass is 19.4. The van der Waals surface area contributed by atoms with E-state index in [1.807, 2.05) is 30.3 Å². The second-order valence-electron chi connectivity index (χ2n) is 10.7. The van der Waals surface area contributed by atoms with Gasteiger partial charge in [0.25, 0.3) is 0 Å². The predicted molar refractivity (Wildman–Crippen MR) is 137 cm³/mol. The molecule has 1 amide bonds. The molecule has 2 aliphatic rings. The average molecular weight is 556 g/mol. The van der Waals surface area contributed by atoms with E-state index in [0.29, 0.717) is 25.2 Å². The van der Waals surface area contributed by atoms with Gasteiger partial charge in [-0.2, -0.15) is 26.3 Å². The van der Waals surface area contributed by atoms with Crippen LogP contribution in [0, 0.1) is 0 Å². The molecular weight excluding hydrogens is 520 g/mol. The highest BCUT2D eigenvalue weighted by Crippen LogP contribution is 2.36. The second-order valence-corrected chi connectivity index (χ2v) is 10.7. The van der Waals surface area contributed by atoms with Crippen LogP contribution in [0.3, 0.4) is 0 Å². The van der Waals surface area contributed by atoms with Crippen LogP contribution in [0.5, 0.6) is 0 Å². The minimum atomic E-state index is -4.91. The number of benzene rings is 2. The third kappa shape index (κ3) is 7.75. The quantitative estimate of drug-likeness (QED) is 0.380. The molecular formula is C29H35F6N3O. The molecule has 1 saturated carbocycles. The standard InChI is InChI=1S/C29H35F6N3O/c1-37(14-11-20-17-22(28(30,31)32)19-23(18-20)29(33,34)35)27(39)26(21-7-3-2-4-8-21)38-15-12-25(13-16-38)36-24-9-5-6-10-24/h2-4,7-8,17-19,24-26,36H,5-6,9-16H2,1H3. The highest BCUT2D eigenvalue weighted by Gasteiger charge is 2.37. The number of likely N-dealkylation sites (tertiary alicyclic amines) is 1. The molecule has 10 heteroatoms. The SMILES string of the molecule is CN(CCc1cc(C(F)(F)F)cc(C(F)(F)F)c1)C(=O)C(c1ccccc1)N1CCC(NC2CCCC2)CC1. The van der Waals surface area contributed by atoms with Crippen molar-refractivity contribution >= 4 is 5.91 Å². The summed E-state index contributed by atoms with van der Waals surface area (Å²) in [5.74, 6) is -0.230. The molecule has 4 rings (SSSR count). The number of nitrogens with zero attached hydrogens (tertiary/aromatic N) is 2. The summed E-state index contributed by atoms with van der Waals surface area (Å²) in [6.07, 6.45) is -3.23. The first kappa shape index (κ1) is 29.4. The van der Waals surface area contributed by atoms with Crippen molar-refractivity contribution in [2.75, 3.05) is 26.7 Å². The van der Waals surface area contributed by atoms with Crippen LogP contribution in [0.25, 0.3) is 0 Å². The van der Waals surface area contributed by atoms with Crippen LogP contribution in [0.1, 0.15) is 66.8 Å². The number of piperidine rings is 1. The second kappa shape index (κ2) is 12.3.